The molecule has 8 nitrogen and oxygen atoms in total. The molecule has 1 aliphatic heterocycles. The topological polar surface area (TPSA) is 93.2 Å². The highest BCUT2D eigenvalue weighted by molar-refractivity contribution is 7.89. The number of hydrogen-bond donors (Lipinski definition) is 0. The maximum atomic E-state index is 12.6. The van der Waals surface area contributed by atoms with Crippen LogP contribution >= 0.6 is 11.6 Å². The van der Waals surface area contributed by atoms with E-state index in [1.807, 2.05) is 0 Å². The molecule has 160 valence electrons. The van der Waals surface area contributed by atoms with Crippen LogP contribution in [0, 0.1) is 0 Å². The number of carbonyl (C=O) groups is 2. The Kier molecular flexibility index (Phi) is 7.30. The monoisotopic (exact) mass is 452 g/mol. The number of amides is 1. The molecule has 0 aliphatic carbocycles. The molecule has 30 heavy (non-hydrogen) atoms. The highest BCUT2D eigenvalue weighted by atomic mass is 35.5. The number of benzene rings is 2. The summed E-state index contributed by atoms with van der Waals surface area (Å²) in [5.74, 6) is -0.603. The van der Waals surface area contributed by atoms with Crippen LogP contribution in [0.25, 0.3) is 0 Å². The average molecular weight is 453 g/mol. The SMILES string of the molecule is O=C(COc1ccc(Cl)cc1)OCC(=O)N1CCN(S(=O)(=O)c2ccccc2)CC1. The zero-order chi connectivity index (χ0) is 21.6. The van der Waals surface area contributed by atoms with Gasteiger partial charge in [0.05, 0.1) is 4.90 Å². The molecule has 0 radical (unpaired) electrons. The van der Waals surface area contributed by atoms with E-state index in [-0.39, 0.29) is 43.6 Å². The van der Waals surface area contributed by atoms with Gasteiger partial charge in [0.2, 0.25) is 10.0 Å². The van der Waals surface area contributed by atoms with E-state index in [0.717, 1.165) is 0 Å². The third-order valence-corrected chi connectivity index (χ3v) is 6.66. The van der Waals surface area contributed by atoms with Gasteiger partial charge in [0.1, 0.15) is 5.75 Å². The van der Waals surface area contributed by atoms with Crippen LogP contribution in [-0.2, 0) is 24.3 Å². The number of esters is 1. The second-order valence-corrected chi connectivity index (χ2v) is 8.88. The van der Waals surface area contributed by atoms with Gasteiger partial charge < -0.3 is 14.4 Å². The van der Waals surface area contributed by atoms with E-state index in [2.05, 4.69) is 0 Å². The zero-order valence-corrected chi connectivity index (χ0v) is 17.6. The van der Waals surface area contributed by atoms with E-state index in [4.69, 9.17) is 21.1 Å². The molecule has 0 aromatic heterocycles. The fraction of sp³-hybridized carbons (Fsp3) is 0.300. The molecular weight excluding hydrogens is 432 g/mol. The van der Waals surface area contributed by atoms with Crippen molar-refractivity contribution in [1.82, 2.24) is 9.21 Å². The highest BCUT2D eigenvalue weighted by Gasteiger charge is 2.30. The molecule has 1 fully saturated rings. The van der Waals surface area contributed by atoms with E-state index in [9.17, 15) is 18.0 Å². The lowest BCUT2D eigenvalue weighted by Crippen LogP contribution is -2.51. The summed E-state index contributed by atoms with van der Waals surface area (Å²) in [5, 5.41) is 0.548. The molecule has 2 aromatic carbocycles. The molecule has 1 saturated heterocycles. The molecule has 0 unspecified atom stereocenters. The normalized spacial score (nSPS) is 14.9. The Balaban J connectivity index is 1.42. The number of piperazine rings is 1. The molecule has 0 atom stereocenters. The molecule has 0 saturated carbocycles. The molecule has 1 heterocycles. The van der Waals surface area contributed by atoms with Crippen LogP contribution in [0.15, 0.2) is 59.5 Å². The summed E-state index contributed by atoms with van der Waals surface area (Å²) in [6.07, 6.45) is 0. The summed E-state index contributed by atoms with van der Waals surface area (Å²) in [6, 6.07) is 14.6. The van der Waals surface area contributed by atoms with Gasteiger partial charge in [0.15, 0.2) is 13.2 Å². The first-order valence-electron chi connectivity index (χ1n) is 9.23. The number of nitrogens with zero attached hydrogens (tertiary/aromatic N) is 2. The number of ether oxygens (including phenoxy) is 2. The van der Waals surface area contributed by atoms with Crippen molar-refractivity contribution in [2.45, 2.75) is 4.90 Å². The van der Waals surface area contributed by atoms with Gasteiger partial charge in [-0.3, -0.25) is 4.79 Å². The van der Waals surface area contributed by atoms with Gasteiger partial charge >= 0.3 is 5.97 Å². The molecule has 0 spiro atoms. The molecule has 1 amide bonds. The third-order valence-electron chi connectivity index (χ3n) is 4.50. The molecule has 0 N–H and O–H groups in total. The van der Waals surface area contributed by atoms with Gasteiger partial charge in [-0.05, 0) is 36.4 Å². The minimum atomic E-state index is -3.59. The summed E-state index contributed by atoms with van der Waals surface area (Å²) in [7, 11) is -3.59. The van der Waals surface area contributed by atoms with Crippen molar-refractivity contribution in [1.29, 1.82) is 0 Å². The van der Waals surface area contributed by atoms with E-state index in [1.165, 1.54) is 9.21 Å². The summed E-state index contributed by atoms with van der Waals surface area (Å²) in [4.78, 5) is 25.7. The van der Waals surface area contributed by atoms with Gasteiger partial charge in [-0.15, -0.1) is 0 Å². The summed E-state index contributed by atoms with van der Waals surface area (Å²) >= 11 is 5.77. The molecule has 3 rings (SSSR count). The molecule has 0 bridgehead atoms. The predicted octanol–water partition coefficient (Wildman–Crippen LogP) is 1.80. The number of hydrogen-bond acceptors (Lipinski definition) is 6. The molecule has 10 heteroatoms. The Morgan fingerprint density at radius 1 is 0.900 bits per heavy atom. The predicted molar refractivity (Wildman–Crippen MR) is 110 cm³/mol. The Hall–Kier alpha value is -2.62. The largest absolute Gasteiger partial charge is 0.482 e. The van der Waals surface area contributed by atoms with Crippen LogP contribution < -0.4 is 4.74 Å². The van der Waals surface area contributed by atoms with Crippen LogP contribution in [0.2, 0.25) is 5.02 Å². The summed E-state index contributed by atoms with van der Waals surface area (Å²) < 4.78 is 36.8. The highest BCUT2D eigenvalue weighted by Crippen LogP contribution is 2.17. The second-order valence-electron chi connectivity index (χ2n) is 6.50. The van der Waals surface area contributed by atoms with Crippen molar-refractivity contribution in [2.75, 3.05) is 39.4 Å². The third kappa shape index (κ3) is 5.71. The molecule has 1 aliphatic rings. The van der Waals surface area contributed by atoms with Crippen molar-refractivity contribution in [3.63, 3.8) is 0 Å². The second kappa shape index (κ2) is 9.92. The quantitative estimate of drug-likeness (QED) is 0.595. The smallest absolute Gasteiger partial charge is 0.344 e. The first kappa shape index (κ1) is 22.1. The summed E-state index contributed by atoms with van der Waals surface area (Å²) in [5.41, 5.74) is 0. The van der Waals surface area contributed by atoms with Crippen LogP contribution in [0.3, 0.4) is 0 Å². The Bertz CT molecular complexity index is 974. The van der Waals surface area contributed by atoms with Gasteiger partial charge in [0.25, 0.3) is 5.91 Å². The molecule has 2 aromatic rings. The van der Waals surface area contributed by atoms with Gasteiger partial charge in [-0.25, -0.2) is 13.2 Å². The lowest BCUT2D eigenvalue weighted by atomic mass is 10.3. The van der Waals surface area contributed by atoms with Crippen LogP contribution in [0.1, 0.15) is 0 Å². The van der Waals surface area contributed by atoms with Crippen LogP contribution in [-0.4, -0.2) is 68.9 Å². The standard InChI is InChI=1S/C20H21ClN2O6S/c21-16-6-8-17(9-7-16)28-15-20(25)29-14-19(24)22-10-12-23(13-11-22)30(26,27)18-4-2-1-3-5-18/h1-9H,10-15H2. The lowest BCUT2D eigenvalue weighted by molar-refractivity contribution is -0.154. The van der Waals surface area contributed by atoms with Crippen LogP contribution in [0.4, 0.5) is 0 Å². The van der Waals surface area contributed by atoms with Gasteiger partial charge in [-0.2, -0.15) is 4.31 Å². The maximum absolute atomic E-state index is 12.6. The minimum absolute atomic E-state index is 0.177. The Morgan fingerprint density at radius 3 is 2.17 bits per heavy atom. The first-order valence-corrected chi connectivity index (χ1v) is 11.0. The lowest BCUT2D eigenvalue weighted by Gasteiger charge is -2.33. The Labute approximate surface area is 180 Å². The first-order chi connectivity index (χ1) is 14.4. The van der Waals surface area contributed by atoms with Gasteiger partial charge in [0, 0.05) is 31.2 Å². The van der Waals surface area contributed by atoms with Gasteiger partial charge in [-0.1, -0.05) is 29.8 Å². The van der Waals surface area contributed by atoms with E-state index < -0.39 is 22.6 Å². The van der Waals surface area contributed by atoms with Crippen molar-refractivity contribution in [2.24, 2.45) is 0 Å². The number of carbonyl (C=O) groups excluding carboxylic acids is 2. The van der Waals surface area contributed by atoms with E-state index in [1.54, 1.807) is 54.6 Å². The average Bonchev–Trinajstić information content (AvgIpc) is 2.77. The number of rotatable bonds is 7. The van der Waals surface area contributed by atoms with Crippen LogP contribution in [0.5, 0.6) is 5.75 Å². The number of sulfonamides is 1. The van der Waals surface area contributed by atoms with E-state index >= 15 is 0 Å². The zero-order valence-electron chi connectivity index (χ0n) is 16.1. The van der Waals surface area contributed by atoms with Crippen molar-refractivity contribution >= 4 is 33.5 Å². The minimum Gasteiger partial charge on any atom is -0.482 e. The van der Waals surface area contributed by atoms with Crippen molar-refractivity contribution < 1.29 is 27.5 Å². The summed E-state index contributed by atoms with van der Waals surface area (Å²) in [6.45, 7) is 0.0485. The maximum Gasteiger partial charge on any atom is 0.344 e. The fourth-order valence-electron chi connectivity index (χ4n) is 2.87. The Morgan fingerprint density at radius 2 is 1.53 bits per heavy atom. The molecular formula is C20H21ClN2O6S. The van der Waals surface area contributed by atoms with E-state index in [0.29, 0.717) is 10.8 Å². The number of halogens is 1. The fourth-order valence-corrected chi connectivity index (χ4v) is 4.44. The van der Waals surface area contributed by atoms with Crippen molar-refractivity contribution in [3.8, 4) is 5.75 Å². The van der Waals surface area contributed by atoms with Crippen molar-refractivity contribution in [3.05, 3.63) is 59.6 Å².